The van der Waals surface area contributed by atoms with Gasteiger partial charge in [-0.2, -0.15) is 0 Å². The fourth-order valence-electron chi connectivity index (χ4n) is 2.45. The van der Waals surface area contributed by atoms with E-state index in [1.807, 2.05) is 0 Å². The van der Waals surface area contributed by atoms with Crippen LogP contribution in [0, 0.1) is 0 Å². The highest BCUT2D eigenvalue weighted by molar-refractivity contribution is 5.66. The van der Waals surface area contributed by atoms with Crippen LogP contribution in [0.15, 0.2) is 42.5 Å². The van der Waals surface area contributed by atoms with Crippen LogP contribution in [0.3, 0.4) is 0 Å². The van der Waals surface area contributed by atoms with Crippen molar-refractivity contribution in [1.82, 2.24) is 5.32 Å². The summed E-state index contributed by atoms with van der Waals surface area (Å²) in [4.78, 5) is 0. The second-order valence-electron chi connectivity index (χ2n) is 4.90. The number of rotatable bonds is 4. The number of benzene rings is 2. The van der Waals surface area contributed by atoms with E-state index < -0.39 is 0 Å². The first-order valence-electron chi connectivity index (χ1n) is 6.92. The van der Waals surface area contributed by atoms with Crippen molar-refractivity contribution in [3.05, 3.63) is 53.6 Å². The summed E-state index contributed by atoms with van der Waals surface area (Å²) >= 11 is 0. The topological polar surface area (TPSA) is 21.3 Å². The van der Waals surface area contributed by atoms with Crippen LogP contribution in [0.2, 0.25) is 0 Å². The highest BCUT2D eigenvalue weighted by atomic mass is 16.5. The Hall–Kier alpha value is -1.80. The lowest BCUT2D eigenvalue weighted by Gasteiger charge is -2.06. The van der Waals surface area contributed by atoms with Crippen LogP contribution in [0.1, 0.15) is 18.1 Å². The van der Waals surface area contributed by atoms with Crippen molar-refractivity contribution in [2.24, 2.45) is 0 Å². The van der Waals surface area contributed by atoms with Crippen molar-refractivity contribution >= 4 is 0 Å². The van der Waals surface area contributed by atoms with Crippen molar-refractivity contribution in [3.8, 4) is 16.9 Å². The maximum absolute atomic E-state index is 5.54. The molecule has 0 aromatic heterocycles. The van der Waals surface area contributed by atoms with Gasteiger partial charge in [-0.1, -0.05) is 37.3 Å². The summed E-state index contributed by atoms with van der Waals surface area (Å²) in [5, 5.41) is 3.34. The summed E-state index contributed by atoms with van der Waals surface area (Å²) in [5.74, 6) is 1.05. The van der Waals surface area contributed by atoms with Crippen molar-refractivity contribution in [3.63, 3.8) is 0 Å². The van der Waals surface area contributed by atoms with E-state index in [0.29, 0.717) is 0 Å². The van der Waals surface area contributed by atoms with E-state index >= 15 is 0 Å². The Balaban J connectivity index is 1.82. The second-order valence-corrected chi connectivity index (χ2v) is 4.90. The van der Waals surface area contributed by atoms with Gasteiger partial charge in [0.2, 0.25) is 0 Å². The number of fused-ring (bicyclic) bond motifs is 1. The van der Waals surface area contributed by atoms with E-state index in [1.54, 1.807) is 0 Å². The van der Waals surface area contributed by atoms with Crippen LogP contribution in [0.4, 0.5) is 0 Å². The first-order valence-corrected chi connectivity index (χ1v) is 6.92. The van der Waals surface area contributed by atoms with Gasteiger partial charge in [0.15, 0.2) is 0 Å². The van der Waals surface area contributed by atoms with Gasteiger partial charge in [-0.25, -0.2) is 0 Å². The molecule has 3 rings (SSSR count). The first kappa shape index (κ1) is 12.2. The van der Waals surface area contributed by atoms with E-state index in [0.717, 1.165) is 31.9 Å². The minimum Gasteiger partial charge on any atom is -0.493 e. The van der Waals surface area contributed by atoms with Gasteiger partial charge >= 0.3 is 0 Å². The molecule has 0 atom stereocenters. The molecule has 0 radical (unpaired) electrons. The maximum Gasteiger partial charge on any atom is 0.122 e. The fraction of sp³-hybridized carbons (Fsp3) is 0.294. The normalized spacial score (nSPS) is 13.1. The van der Waals surface area contributed by atoms with Crippen molar-refractivity contribution < 1.29 is 4.74 Å². The zero-order chi connectivity index (χ0) is 13.1. The first-order chi connectivity index (χ1) is 9.36. The summed E-state index contributed by atoms with van der Waals surface area (Å²) < 4.78 is 5.54. The van der Waals surface area contributed by atoms with Crippen molar-refractivity contribution in [2.45, 2.75) is 19.9 Å². The third-order valence-corrected chi connectivity index (χ3v) is 3.56. The van der Waals surface area contributed by atoms with Gasteiger partial charge < -0.3 is 10.1 Å². The molecule has 2 nitrogen and oxygen atoms in total. The Morgan fingerprint density at radius 2 is 1.84 bits per heavy atom. The molecule has 1 aliphatic heterocycles. The molecule has 0 aliphatic carbocycles. The Bertz CT molecular complexity index is 560. The fourth-order valence-corrected chi connectivity index (χ4v) is 2.45. The molecule has 1 N–H and O–H groups in total. The highest BCUT2D eigenvalue weighted by Crippen LogP contribution is 2.30. The average Bonchev–Trinajstić information content (AvgIpc) is 2.93. The van der Waals surface area contributed by atoms with Gasteiger partial charge in [0, 0.05) is 13.0 Å². The van der Waals surface area contributed by atoms with E-state index in [1.165, 1.54) is 22.3 Å². The minimum atomic E-state index is 0.820. The van der Waals surface area contributed by atoms with Gasteiger partial charge in [-0.3, -0.25) is 0 Å². The summed E-state index contributed by atoms with van der Waals surface area (Å²) in [6.07, 6.45) is 1.03. The molecule has 0 bridgehead atoms. The van der Waals surface area contributed by atoms with Crippen LogP contribution in [-0.2, 0) is 13.0 Å². The molecule has 2 aromatic rings. The predicted molar refractivity (Wildman–Crippen MR) is 78.5 cm³/mol. The lowest BCUT2D eigenvalue weighted by atomic mass is 10.0. The lowest BCUT2D eigenvalue weighted by molar-refractivity contribution is 0.357. The molecule has 2 heteroatoms. The van der Waals surface area contributed by atoms with Crippen LogP contribution in [0.5, 0.6) is 5.75 Å². The Morgan fingerprint density at radius 3 is 2.63 bits per heavy atom. The molecule has 2 aromatic carbocycles. The number of hydrogen-bond donors (Lipinski definition) is 1. The molecular weight excluding hydrogens is 234 g/mol. The van der Waals surface area contributed by atoms with Crippen molar-refractivity contribution in [1.29, 1.82) is 0 Å². The van der Waals surface area contributed by atoms with Crippen LogP contribution in [-0.4, -0.2) is 13.2 Å². The Kier molecular flexibility index (Phi) is 3.51. The molecule has 0 saturated heterocycles. The van der Waals surface area contributed by atoms with Crippen LogP contribution < -0.4 is 10.1 Å². The SMILES string of the molecule is CCNCc1ccc(-c2ccc3c(c2)CCO3)cc1. The molecule has 0 fully saturated rings. The second kappa shape index (κ2) is 5.45. The highest BCUT2D eigenvalue weighted by Gasteiger charge is 2.12. The molecule has 1 heterocycles. The molecule has 0 saturated carbocycles. The Morgan fingerprint density at radius 1 is 1.05 bits per heavy atom. The van der Waals surface area contributed by atoms with Gasteiger partial charge in [0.25, 0.3) is 0 Å². The summed E-state index contributed by atoms with van der Waals surface area (Å²) in [6.45, 7) is 4.89. The van der Waals surface area contributed by atoms with E-state index in [4.69, 9.17) is 4.74 Å². The quantitative estimate of drug-likeness (QED) is 0.901. The van der Waals surface area contributed by atoms with E-state index in [2.05, 4.69) is 54.7 Å². The minimum absolute atomic E-state index is 0.820. The van der Waals surface area contributed by atoms with Crippen LogP contribution in [0.25, 0.3) is 11.1 Å². The smallest absolute Gasteiger partial charge is 0.122 e. The molecule has 0 spiro atoms. The monoisotopic (exact) mass is 253 g/mol. The number of nitrogens with one attached hydrogen (secondary N) is 1. The van der Waals surface area contributed by atoms with E-state index in [-0.39, 0.29) is 0 Å². The van der Waals surface area contributed by atoms with Gasteiger partial charge in [0.05, 0.1) is 6.61 Å². The lowest BCUT2D eigenvalue weighted by Crippen LogP contribution is -2.11. The predicted octanol–water partition coefficient (Wildman–Crippen LogP) is 3.40. The largest absolute Gasteiger partial charge is 0.493 e. The summed E-state index contributed by atoms with van der Waals surface area (Å²) in [7, 11) is 0. The standard InChI is InChI=1S/C17H19NO/c1-2-18-12-13-3-5-14(6-4-13)15-7-8-17-16(11-15)9-10-19-17/h3-8,11,18H,2,9-10,12H2,1H3. The summed E-state index contributed by atoms with van der Waals surface area (Å²) in [6, 6.07) is 15.3. The Labute approximate surface area is 114 Å². The third-order valence-electron chi connectivity index (χ3n) is 3.56. The summed E-state index contributed by atoms with van der Waals surface area (Å²) in [5.41, 5.74) is 5.21. The molecular formula is C17H19NO. The van der Waals surface area contributed by atoms with Gasteiger partial charge in [-0.15, -0.1) is 0 Å². The molecule has 98 valence electrons. The third kappa shape index (κ3) is 2.64. The molecule has 0 unspecified atom stereocenters. The zero-order valence-corrected chi connectivity index (χ0v) is 11.3. The molecule has 0 amide bonds. The molecule has 1 aliphatic rings. The van der Waals surface area contributed by atoms with Gasteiger partial charge in [0.1, 0.15) is 5.75 Å². The van der Waals surface area contributed by atoms with Crippen molar-refractivity contribution in [2.75, 3.05) is 13.2 Å². The zero-order valence-electron chi connectivity index (χ0n) is 11.3. The number of ether oxygens (including phenoxy) is 1. The van der Waals surface area contributed by atoms with E-state index in [9.17, 15) is 0 Å². The number of hydrogen-bond acceptors (Lipinski definition) is 2. The maximum atomic E-state index is 5.54. The van der Waals surface area contributed by atoms with Crippen LogP contribution >= 0.6 is 0 Å². The van der Waals surface area contributed by atoms with Gasteiger partial charge in [-0.05, 0) is 40.9 Å². The average molecular weight is 253 g/mol. The molecule has 19 heavy (non-hydrogen) atoms.